The Morgan fingerprint density at radius 1 is 0.433 bits per heavy atom. The molecule has 0 aliphatic carbocycles. The Kier molecular flexibility index (Phi) is 9.66. The third-order valence-electron chi connectivity index (χ3n) is 12.8. The number of nitrogens with zero attached hydrogens (tertiary/aromatic N) is 2. The summed E-state index contributed by atoms with van der Waals surface area (Å²) in [6.45, 7) is 26.7. The lowest BCUT2D eigenvalue weighted by molar-refractivity contribution is 0.757. The average Bonchev–Trinajstić information content (AvgIpc) is 3.99. The number of fused-ring (bicyclic) bond motifs is 6. The molecule has 4 nitrogen and oxygen atoms in total. The number of benzene rings is 4. The van der Waals surface area contributed by atoms with E-state index in [9.17, 15) is 0 Å². The van der Waals surface area contributed by atoms with E-state index in [2.05, 4.69) is 184 Å². The van der Waals surface area contributed by atoms with Crippen LogP contribution in [0.2, 0.25) is 0 Å². The van der Waals surface area contributed by atoms with Crippen LogP contribution in [0.3, 0.4) is 0 Å². The minimum atomic E-state index is -0.00498. The quantitative estimate of drug-likeness (QED) is 0.187. The van der Waals surface area contributed by atoms with Crippen LogP contribution >= 0.6 is 0 Å². The molecule has 0 saturated heterocycles. The lowest BCUT2D eigenvalue weighted by Gasteiger charge is -2.25. The normalized spacial score (nSPS) is 21.4. The Morgan fingerprint density at radius 3 is 1.23 bits per heavy atom. The van der Waals surface area contributed by atoms with Gasteiger partial charge in [-0.25, -0.2) is 9.98 Å². The highest BCUT2D eigenvalue weighted by atomic mass is 15.0. The average molecular weight is 785 g/mol. The molecule has 1 aromatic heterocycles. The molecule has 8 bridgehead atoms. The van der Waals surface area contributed by atoms with Crippen molar-refractivity contribution >= 4 is 33.7 Å². The number of aromatic nitrogens is 1. The Balaban J connectivity index is 1.45. The van der Waals surface area contributed by atoms with Gasteiger partial charge in [0.15, 0.2) is 0 Å². The summed E-state index contributed by atoms with van der Waals surface area (Å²) in [5, 5.41) is 6.20. The molecule has 5 aromatic rings. The molecule has 0 saturated carbocycles. The molecule has 60 heavy (non-hydrogen) atoms. The van der Waals surface area contributed by atoms with Crippen LogP contribution in [0.15, 0.2) is 118 Å². The number of hydrogen-bond acceptors (Lipinski definition) is 3. The Morgan fingerprint density at radius 2 is 0.800 bits per heavy atom. The number of hydrogen-bond donors (Lipinski definition) is 2. The smallest absolute Gasteiger partial charge is 0.0737 e. The molecule has 300 valence electrons. The minimum absolute atomic E-state index is 0.00498. The SMILES string of the molecule is Cc1cc(C)c(/C2=C3\C=CC(=N3)/C(c3c(C)cc(C)cc3C)=c3/cc/c([nH]3)=C(\c3c(C)cc(C)cc3C)C3=N/C(=C(/c4c(C)cc(C)cc4C)C4CC=C2N4)C=C3)c(C)c1. The van der Waals surface area contributed by atoms with Crippen LogP contribution in [-0.4, -0.2) is 22.4 Å². The summed E-state index contributed by atoms with van der Waals surface area (Å²) < 4.78 is 0. The topological polar surface area (TPSA) is 52.5 Å². The molecule has 4 aromatic carbocycles. The lowest BCUT2D eigenvalue weighted by atomic mass is 9.87. The molecule has 2 N–H and O–H groups in total. The Labute approximate surface area is 356 Å². The standard InChI is InChI=1S/C56H56N4/c1-29-21-33(5)49(34(6)22-29)53-41-13-15-43(57-41)54(50-35(7)23-30(2)24-36(50)8)45-17-19-47(59-45)56(52-39(11)27-32(4)28-40(52)12)48-20-18-46(60-48)55(44-16-14-42(53)58-44)51-37(9)25-31(3)26-38(51)10/h13-19,21-28,48,57,60H,20H2,1-12H3/b53-41+,54-43+,55-44+,56-47+. The first-order valence-electron chi connectivity index (χ1n) is 21.4. The largest absolute Gasteiger partial charge is 0.378 e. The van der Waals surface area contributed by atoms with Gasteiger partial charge in [-0.3, -0.25) is 0 Å². The van der Waals surface area contributed by atoms with Crippen molar-refractivity contribution < 1.29 is 0 Å². The molecular weight excluding hydrogens is 729 g/mol. The maximum Gasteiger partial charge on any atom is 0.0737 e. The molecule has 4 aliphatic rings. The molecule has 1 unspecified atom stereocenters. The van der Waals surface area contributed by atoms with Gasteiger partial charge in [-0.05, 0) is 193 Å². The molecule has 0 amide bonds. The van der Waals surface area contributed by atoms with Gasteiger partial charge in [0.05, 0.1) is 28.9 Å². The van der Waals surface area contributed by atoms with E-state index in [1.165, 1.54) is 94.6 Å². The predicted octanol–water partition coefficient (Wildman–Crippen LogP) is 11.2. The van der Waals surface area contributed by atoms with E-state index in [0.29, 0.717) is 0 Å². The number of allylic oxidation sites excluding steroid dienone is 5. The van der Waals surface area contributed by atoms with Crippen molar-refractivity contribution in [2.24, 2.45) is 9.98 Å². The minimum Gasteiger partial charge on any atom is -0.378 e. The van der Waals surface area contributed by atoms with Crippen molar-refractivity contribution in [3.8, 4) is 0 Å². The van der Waals surface area contributed by atoms with Crippen molar-refractivity contribution in [3.05, 3.63) is 208 Å². The fourth-order valence-electron chi connectivity index (χ4n) is 10.9. The van der Waals surface area contributed by atoms with Gasteiger partial charge in [0.1, 0.15) is 0 Å². The van der Waals surface area contributed by atoms with Crippen LogP contribution in [0.25, 0.3) is 22.3 Å². The first kappa shape index (κ1) is 39.2. The van der Waals surface area contributed by atoms with Crippen molar-refractivity contribution in [3.63, 3.8) is 0 Å². The third kappa shape index (κ3) is 6.63. The summed E-state index contributed by atoms with van der Waals surface area (Å²) in [6.07, 6.45) is 12.2. The maximum atomic E-state index is 5.67. The van der Waals surface area contributed by atoms with E-state index in [4.69, 9.17) is 9.98 Å². The molecule has 4 aliphatic heterocycles. The molecule has 5 heterocycles. The molecule has 4 heteroatoms. The van der Waals surface area contributed by atoms with Crippen LogP contribution in [0, 0.1) is 83.1 Å². The van der Waals surface area contributed by atoms with Crippen molar-refractivity contribution in [2.75, 3.05) is 0 Å². The van der Waals surface area contributed by atoms with Gasteiger partial charge in [-0.1, -0.05) is 76.9 Å². The van der Waals surface area contributed by atoms with Gasteiger partial charge in [-0.15, -0.1) is 0 Å². The number of rotatable bonds is 4. The molecule has 0 radical (unpaired) electrons. The molecule has 9 rings (SSSR count). The highest BCUT2D eigenvalue weighted by molar-refractivity contribution is 6.32. The highest BCUT2D eigenvalue weighted by Crippen LogP contribution is 2.42. The molecule has 0 spiro atoms. The van der Waals surface area contributed by atoms with E-state index < -0.39 is 0 Å². The first-order chi connectivity index (χ1) is 28.7. The summed E-state index contributed by atoms with van der Waals surface area (Å²) in [7, 11) is 0. The van der Waals surface area contributed by atoms with Crippen LogP contribution in [-0.2, 0) is 0 Å². The lowest BCUT2D eigenvalue weighted by Crippen LogP contribution is -2.27. The van der Waals surface area contributed by atoms with Crippen molar-refractivity contribution in [1.82, 2.24) is 10.3 Å². The fraction of sp³-hybridized carbons (Fsp3) is 0.250. The van der Waals surface area contributed by atoms with Gasteiger partial charge < -0.3 is 10.3 Å². The Bertz CT molecular complexity index is 2990. The van der Waals surface area contributed by atoms with Gasteiger partial charge in [0, 0.05) is 38.7 Å². The van der Waals surface area contributed by atoms with Crippen LogP contribution in [0.5, 0.6) is 0 Å². The third-order valence-corrected chi connectivity index (χ3v) is 12.8. The number of aryl methyl sites for hydroxylation is 12. The fourth-order valence-corrected chi connectivity index (χ4v) is 10.9. The summed E-state index contributed by atoms with van der Waals surface area (Å²) >= 11 is 0. The van der Waals surface area contributed by atoms with Gasteiger partial charge in [0.25, 0.3) is 0 Å². The molecular formula is C56H56N4. The van der Waals surface area contributed by atoms with Crippen molar-refractivity contribution in [2.45, 2.75) is 95.5 Å². The van der Waals surface area contributed by atoms with E-state index in [0.717, 1.165) is 62.4 Å². The molecule has 0 fully saturated rings. The number of aliphatic imine (C=N–C) groups is 2. The second-order valence-corrected chi connectivity index (χ2v) is 17.9. The highest BCUT2D eigenvalue weighted by Gasteiger charge is 2.32. The number of H-pyrrole nitrogens is 1. The summed E-state index contributed by atoms with van der Waals surface area (Å²) in [5.74, 6) is 0. The monoisotopic (exact) mass is 784 g/mol. The zero-order chi connectivity index (χ0) is 42.3. The van der Waals surface area contributed by atoms with E-state index in [1.54, 1.807) is 0 Å². The zero-order valence-electron chi connectivity index (χ0n) is 37.3. The summed E-state index contributed by atoms with van der Waals surface area (Å²) in [6, 6.07) is 22.9. The second-order valence-electron chi connectivity index (χ2n) is 17.9. The van der Waals surface area contributed by atoms with Crippen molar-refractivity contribution in [1.29, 1.82) is 0 Å². The van der Waals surface area contributed by atoms with E-state index >= 15 is 0 Å². The van der Waals surface area contributed by atoms with E-state index in [1.807, 2.05) is 0 Å². The van der Waals surface area contributed by atoms with E-state index in [-0.39, 0.29) is 6.04 Å². The van der Waals surface area contributed by atoms with Gasteiger partial charge in [-0.2, -0.15) is 0 Å². The summed E-state index contributed by atoms with van der Waals surface area (Å²) in [4.78, 5) is 15.3. The van der Waals surface area contributed by atoms with Crippen LogP contribution < -0.4 is 16.0 Å². The first-order valence-corrected chi connectivity index (χ1v) is 21.4. The number of aromatic amines is 1. The molecule has 1 atom stereocenters. The van der Waals surface area contributed by atoms with Crippen LogP contribution in [0.4, 0.5) is 0 Å². The number of nitrogens with one attached hydrogen (secondary N) is 2. The predicted molar refractivity (Wildman–Crippen MR) is 254 cm³/mol. The summed E-state index contributed by atoms with van der Waals surface area (Å²) in [5.41, 5.74) is 29.5. The maximum absolute atomic E-state index is 5.67. The van der Waals surface area contributed by atoms with Gasteiger partial charge in [0.2, 0.25) is 0 Å². The van der Waals surface area contributed by atoms with Crippen LogP contribution in [0.1, 0.15) is 95.4 Å². The Hall–Kier alpha value is -6.26. The van der Waals surface area contributed by atoms with Gasteiger partial charge >= 0.3 is 0 Å². The second kappa shape index (κ2) is 14.8. The zero-order valence-corrected chi connectivity index (χ0v) is 37.3.